The van der Waals surface area contributed by atoms with Gasteiger partial charge >= 0.3 is 0 Å². The van der Waals surface area contributed by atoms with Crippen LogP contribution in [-0.2, 0) is 19.4 Å². The Morgan fingerprint density at radius 3 is 2.50 bits per heavy atom. The summed E-state index contributed by atoms with van der Waals surface area (Å²) < 4.78 is 38.3. The molecule has 3 amide bonds. The number of carbonyl (C=O) groups is 3. The maximum Gasteiger partial charge on any atom is 0.293 e. The first-order valence-electron chi connectivity index (χ1n) is 9.42. The van der Waals surface area contributed by atoms with Gasteiger partial charge in [-0.15, -0.1) is 0 Å². The molecule has 32 heavy (non-hydrogen) atoms. The molecule has 3 rings (SSSR count). The maximum atomic E-state index is 13.8. The van der Waals surface area contributed by atoms with Crippen LogP contribution in [0.3, 0.4) is 0 Å². The van der Waals surface area contributed by atoms with Gasteiger partial charge in [0, 0.05) is 30.1 Å². The van der Waals surface area contributed by atoms with Crippen LogP contribution in [0, 0.1) is 5.82 Å². The van der Waals surface area contributed by atoms with Crippen LogP contribution in [0.5, 0.6) is 0 Å². The highest BCUT2D eigenvalue weighted by atomic mass is 35.5. The van der Waals surface area contributed by atoms with Crippen molar-refractivity contribution < 1.29 is 27.2 Å². The highest BCUT2D eigenvalue weighted by molar-refractivity contribution is 8.18. The van der Waals surface area contributed by atoms with E-state index in [1.165, 1.54) is 48.5 Å². The average Bonchev–Trinajstić information content (AvgIpc) is 3.01. The van der Waals surface area contributed by atoms with Gasteiger partial charge < -0.3 is 5.32 Å². The molecule has 0 aromatic heterocycles. The Labute approximate surface area is 193 Å². The standard InChI is InChI=1S/C21H18ClFN2O5S2/c22-15-5-7-16(8-6-15)32(29,30)12-9-19(26)24-10-11-25-20(27)18(31-21(25)28)13-14-3-1-2-4-17(14)23/h1-8,13H,9-12H2,(H,24,26)/b18-13-. The van der Waals surface area contributed by atoms with Crippen molar-refractivity contribution in [1.29, 1.82) is 0 Å². The fourth-order valence-corrected chi connectivity index (χ4v) is 5.03. The minimum Gasteiger partial charge on any atom is -0.354 e. The quantitative estimate of drug-likeness (QED) is 0.561. The fourth-order valence-electron chi connectivity index (χ4n) is 2.81. The molecule has 0 aliphatic carbocycles. The van der Waals surface area contributed by atoms with Crippen LogP contribution in [0.15, 0.2) is 58.3 Å². The summed E-state index contributed by atoms with van der Waals surface area (Å²) in [5.41, 5.74) is 0.188. The molecular formula is C21H18ClFN2O5S2. The van der Waals surface area contributed by atoms with Crippen LogP contribution in [0.1, 0.15) is 12.0 Å². The number of carbonyl (C=O) groups excluding carboxylic acids is 3. The van der Waals surface area contributed by atoms with Gasteiger partial charge in [0.15, 0.2) is 9.84 Å². The maximum absolute atomic E-state index is 13.8. The predicted molar refractivity (Wildman–Crippen MR) is 120 cm³/mol. The van der Waals surface area contributed by atoms with Crippen LogP contribution in [0.2, 0.25) is 5.02 Å². The summed E-state index contributed by atoms with van der Waals surface area (Å²) in [6, 6.07) is 11.5. The molecule has 0 bridgehead atoms. The summed E-state index contributed by atoms with van der Waals surface area (Å²) in [6.45, 7) is -0.125. The number of thioether (sulfide) groups is 1. The van der Waals surface area contributed by atoms with Gasteiger partial charge in [0.25, 0.3) is 11.1 Å². The number of nitrogens with zero attached hydrogens (tertiary/aromatic N) is 1. The summed E-state index contributed by atoms with van der Waals surface area (Å²) in [5, 5.41) is 2.37. The Kier molecular flexibility index (Phi) is 7.70. The molecule has 1 saturated heterocycles. The number of nitrogens with one attached hydrogen (secondary N) is 1. The Hall–Kier alpha value is -2.69. The summed E-state index contributed by atoms with van der Waals surface area (Å²) in [6.07, 6.45) is 1.03. The number of imide groups is 1. The van der Waals surface area contributed by atoms with Gasteiger partial charge in [-0.1, -0.05) is 29.8 Å². The summed E-state index contributed by atoms with van der Waals surface area (Å²) in [7, 11) is -3.65. The van der Waals surface area contributed by atoms with Crippen molar-refractivity contribution in [2.75, 3.05) is 18.8 Å². The van der Waals surface area contributed by atoms with Gasteiger partial charge in [0.1, 0.15) is 5.82 Å². The van der Waals surface area contributed by atoms with Crippen molar-refractivity contribution in [1.82, 2.24) is 10.2 Å². The lowest BCUT2D eigenvalue weighted by Crippen LogP contribution is -2.37. The molecule has 0 spiro atoms. The molecule has 0 atom stereocenters. The molecule has 2 aromatic carbocycles. The molecule has 1 N–H and O–H groups in total. The molecule has 11 heteroatoms. The second-order valence-electron chi connectivity index (χ2n) is 6.73. The normalized spacial score (nSPS) is 15.4. The Morgan fingerprint density at radius 2 is 1.81 bits per heavy atom. The number of halogens is 2. The van der Waals surface area contributed by atoms with Gasteiger partial charge in [0.2, 0.25) is 5.91 Å². The number of rotatable bonds is 8. The van der Waals surface area contributed by atoms with E-state index < -0.39 is 38.5 Å². The number of benzene rings is 2. The zero-order valence-electron chi connectivity index (χ0n) is 16.6. The van der Waals surface area contributed by atoms with E-state index in [0.29, 0.717) is 16.8 Å². The zero-order valence-corrected chi connectivity index (χ0v) is 19.0. The summed E-state index contributed by atoms with van der Waals surface area (Å²) in [5.74, 6) is -2.02. The fraction of sp³-hybridized carbons (Fsp3) is 0.190. The van der Waals surface area contributed by atoms with E-state index in [-0.39, 0.29) is 34.9 Å². The lowest BCUT2D eigenvalue weighted by atomic mass is 10.2. The first-order valence-corrected chi connectivity index (χ1v) is 12.3. The van der Waals surface area contributed by atoms with Crippen LogP contribution in [0.25, 0.3) is 6.08 Å². The SMILES string of the molecule is O=C(CCS(=O)(=O)c1ccc(Cl)cc1)NCCN1C(=O)S/C(=C\c2ccccc2F)C1=O. The monoisotopic (exact) mass is 496 g/mol. The van der Waals surface area contributed by atoms with E-state index in [1.807, 2.05) is 0 Å². The number of hydrogen-bond acceptors (Lipinski definition) is 6. The van der Waals surface area contributed by atoms with Crippen LogP contribution in [0.4, 0.5) is 9.18 Å². The summed E-state index contributed by atoms with van der Waals surface area (Å²) in [4.78, 5) is 37.7. The molecule has 0 radical (unpaired) electrons. The highest BCUT2D eigenvalue weighted by Crippen LogP contribution is 2.32. The van der Waals surface area contributed by atoms with E-state index in [2.05, 4.69) is 5.32 Å². The van der Waals surface area contributed by atoms with Gasteiger partial charge in [-0.2, -0.15) is 0 Å². The third-order valence-electron chi connectivity index (χ3n) is 4.49. The van der Waals surface area contributed by atoms with E-state index in [9.17, 15) is 27.2 Å². The largest absolute Gasteiger partial charge is 0.354 e. The molecule has 1 aliphatic rings. The first kappa shape index (κ1) is 24.0. The predicted octanol–water partition coefficient (Wildman–Crippen LogP) is 3.50. The molecule has 0 saturated carbocycles. The van der Waals surface area contributed by atoms with Crippen molar-refractivity contribution in [3.63, 3.8) is 0 Å². The van der Waals surface area contributed by atoms with E-state index >= 15 is 0 Å². The van der Waals surface area contributed by atoms with Gasteiger partial charge in [-0.05, 0) is 48.2 Å². The van der Waals surface area contributed by atoms with Crippen molar-refractivity contribution in [2.24, 2.45) is 0 Å². The third-order valence-corrected chi connectivity index (χ3v) is 7.38. The lowest BCUT2D eigenvalue weighted by molar-refractivity contribution is -0.124. The van der Waals surface area contributed by atoms with E-state index in [1.54, 1.807) is 6.07 Å². The molecule has 1 fully saturated rings. The second-order valence-corrected chi connectivity index (χ2v) is 10.3. The van der Waals surface area contributed by atoms with E-state index in [4.69, 9.17) is 11.6 Å². The molecule has 2 aromatic rings. The topological polar surface area (TPSA) is 101 Å². The van der Waals surface area contributed by atoms with Crippen molar-refractivity contribution in [3.8, 4) is 0 Å². The molecule has 1 aliphatic heterocycles. The molecular weight excluding hydrogens is 479 g/mol. The number of sulfone groups is 1. The Balaban J connectivity index is 1.50. The minimum absolute atomic E-state index is 0.0369. The molecule has 1 heterocycles. The Bertz CT molecular complexity index is 1180. The number of amides is 3. The van der Waals surface area contributed by atoms with Gasteiger partial charge in [-0.25, -0.2) is 12.8 Å². The van der Waals surface area contributed by atoms with Crippen molar-refractivity contribution >= 4 is 56.3 Å². The average molecular weight is 497 g/mol. The first-order chi connectivity index (χ1) is 15.2. The Morgan fingerprint density at radius 1 is 1.12 bits per heavy atom. The molecule has 7 nitrogen and oxygen atoms in total. The zero-order chi connectivity index (χ0) is 23.3. The lowest BCUT2D eigenvalue weighted by Gasteiger charge is -2.13. The smallest absolute Gasteiger partial charge is 0.293 e. The highest BCUT2D eigenvalue weighted by Gasteiger charge is 2.34. The molecule has 168 valence electrons. The van der Waals surface area contributed by atoms with Crippen LogP contribution in [-0.4, -0.2) is 49.2 Å². The minimum atomic E-state index is -3.65. The summed E-state index contributed by atoms with van der Waals surface area (Å²) >= 11 is 6.43. The second kappa shape index (κ2) is 10.3. The van der Waals surface area contributed by atoms with Crippen molar-refractivity contribution in [2.45, 2.75) is 11.3 Å². The van der Waals surface area contributed by atoms with Gasteiger partial charge in [0.05, 0.1) is 15.6 Å². The number of hydrogen-bond donors (Lipinski definition) is 1. The van der Waals surface area contributed by atoms with Crippen LogP contribution >= 0.6 is 23.4 Å². The van der Waals surface area contributed by atoms with Gasteiger partial charge in [-0.3, -0.25) is 19.3 Å². The van der Waals surface area contributed by atoms with Crippen molar-refractivity contribution in [3.05, 3.63) is 69.8 Å². The molecule has 0 unspecified atom stereocenters. The third kappa shape index (κ3) is 5.96. The van der Waals surface area contributed by atoms with Crippen LogP contribution < -0.4 is 5.32 Å². The van der Waals surface area contributed by atoms with E-state index in [0.717, 1.165) is 4.90 Å².